The number of ether oxygens (including phenoxy) is 1. The minimum absolute atomic E-state index is 0.0523. The molecule has 6 nitrogen and oxygen atoms in total. The van der Waals surface area contributed by atoms with Crippen LogP contribution in [-0.2, 0) is 16.4 Å². The van der Waals surface area contributed by atoms with Gasteiger partial charge >= 0.3 is 0 Å². The number of hydrogen-bond donors (Lipinski definition) is 2. The van der Waals surface area contributed by atoms with Gasteiger partial charge in [-0.25, -0.2) is 13.1 Å². The van der Waals surface area contributed by atoms with E-state index in [9.17, 15) is 13.2 Å². The molecule has 0 bridgehead atoms. The van der Waals surface area contributed by atoms with E-state index in [-0.39, 0.29) is 16.8 Å². The Morgan fingerprint density at radius 2 is 1.82 bits per heavy atom. The molecule has 28 heavy (non-hydrogen) atoms. The zero-order chi connectivity index (χ0) is 20.0. The summed E-state index contributed by atoms with van der Waals surface area (Å²) in [6.45, 7) is 0.461. The lowest BCUT2D eigenvalue weighted by Gasteiger charge is -2.13. The third kappa shape index (κ3) is 5.33. The number of hydrogen-bond acceptors (Lipinski definition) is 4. The highest BCUT2D eigenvalue weighted by Gasteiger charge is 2.22. The summed E-state index contributed by atoms with van der Waals surface area (Å²) in [4.78, 5) is 12.5. The van der Waals surface area contributed by atoms with Gasteiger partial charge in [-0.05, 0) is 55.2 Å². The second kappa shape index (κ2) is 9.21. The Bertz CT molecular complexity index is 904. The van der Waals surface area contributed by atoms with Crippen LogP contribution in [0.3, 0.4) is 0 Å². The molecule has 0 spiro atoms. The Balaban J connectivity index is 1.52. The molecule has 0 radical (unpaired) electrons. The number of amides is 1. The smallest absolute Gasteiger partial charge is 0.251 e. The van der Waals surface area contributed by atoms with Crippen molar-refractivity contribution >= 4 is 15.9 Å². The minimum Gasteiger partial charge on any atom is -0.497 e. The number of carbonyl (C=O) groups excluding carboxylic acids is 1. The second-order valence-corrected chi connectivity index (χ2v) is 8.70. The molecule has 150 valence electrons. The maximum absolute atomic E-state index is 12.4. The third-order valence-electron chi connectivity index (χ3n) is 4.94. The average Bonchev–Trinajstić information content (AvgIpc) is 3.20. The maximum Gasteiger partial charge on any atom is 0.251 e. The summed E-state index contributed by atoms with van der Waals surface area (Å²) in [6.07, 6.45) is 4.59. The van der Waals surface area contributed by atoms with Crippen LogP contribution in [0, 0.1) is 0 Å². The van der Waals surface area contributed by atoms with Gasteiger partial charge in [-0.15, -0.1) is 0 Å². The summed E-state index contributed by atoms with van der Waals surface area (Å²) in [7, 11) is -1.91. The highest BCUT2D eigenvalue weighted by atomic mass is 32.2. The van der Waals surface area contributed by atoms with Crippen LogP contribution in [-0.4, -0.2) is 34.0 Å². The summed E-state index contributed by atoms with van der Waals surface area (Å²) in [5.41, 5.74) is 1.50. The van der Waals surface area contributed by atoms with Gasteiger partial charge in [0.1, 0.15) is 5.75 Å². The molecule has 1 saturated carbocycles. The van der Waals surface area contributed by atoms with Crippen molar-refractivity contribution in [1.29, 1.82) is 0 Å². The van der Waals surface area contributed by atoms with Crippen LogP contribution in [0.2, 0.25) is 0 Å². The van der Waals surface area contributed by atoms with Crippen molar-refractivity contribution in [2.24, 2.45) is 0 Å². The average molecular weight is 403 g/mol. The zero-order valence-electron chi connectivity index (χ0n) is 16.0. The van der Waals surface area contributed by atoms with Crippen LogP contribution in [0.25, 0.3) is 0 Å². The van der Waals surface area contributed by atoms with Gasteiger partial charge in [0, 0.05) is 18.2 Å². The molecule has 2 aromatic rings. The number of benzene rings is 2. The molecular formula is C21H26N2O4S. The molecule has 0 unspecified atom stereocenters. The maximum atomic E-state index is 12.4. The number of methoxy groups -OCH3 is 1. The lowest BCUT2D eigenvalue weighted by Crippen LogP contribution is -2.32. The molecular weight excluding hydrogens is 376 g/mol. The van der Waals surface area contributed by atoms with E-state index in [2.05, 4.69) is 10.0 Å². The first-order valence-corrected chi connectivity index (χ1v) is 11.0. The Morgan fingerprint density at radius 1 is 1.11 bits per heavy atom. The number of sulfonamides is 1. The first-order chi connectivity index (χ1) is 13.5. The van der Waals surface area contributed by atoms with Gasteiger partial charge in [-0.1, -0.05) is 31.0 Å². The predicted molar refractivity (Wildman–Crippen MR) is 108 cm³/mol. The van der Waals surface area contributed by atoms with E-state index in [1.807, 2.05) is 0 Å². The van der Waals surface area contributed by atoms with Crippen LogP contribution >= 0.6 is 0 Å². The summed E-state index contributed by atoms with van der Waals surface area (Å²) in [5.74, 6) is 0.467. The first kappa shape index (κ1) is 20.4. The molecule has 7 heteroatoms. The van der Waals surface area contributed by atoms with Crippen molar-refractivity contribution in [1.82, 2.24) is 10.0 Å². The molecule has 3 rings (SSSR count). The summed E-state index contributed by atoms with van der Waals surface area (Å²) < 4.78 is 32.8. The quantitative estimate of drug-likeness (QED) is 0.711. The molecule has 1 aliphatic rings. The Morgan fingerprint density at radius 3 is 2.50 bits per heavy atom. The van der Waals surface area contributed by atoms with Crippen molar-refractivity contribution in [3.05, 3.63) is 59.7 Å². The largest absolute Gasteiger partial charge is 0.497 e. The van der Waals surface area contributed by atoms with E-state index in [1.54, 1.807) is 55.6 Å². The van der Waals surface area contributed by atoms with Gasteiger partial charge in [0.2, 0.25) is 10.0 Å². The molecule has 2 N–H and O–H groups in total. The normalized spacial score (nSPS) is 14.8. The molecule has 2 aromatic carbocycles. The van der Waals surface area contributed by atoms with Crippen LogP contribution in [0.4, 0.5) is 0 Å². The van der Waals surface area contributed by atoms with Gasteiger partial charge in [-0.2, -0.15) is 0 Å². The van der Waals surface area contributed by atoms with Crippen LogP contribution in [0.1, 0.15) is 41.6 Å². The zero-order valence-corrected chi connectivity index (χ0v) is 16.8. The molecule has 0 atom stereocenters. The molecule has 0 saturated heterocycles. The summed E-state index contributed by atoms with van der Waals surface area (Å²) in [5, 5.41) is 2.87. The minimum atomic E-state index is -3.47. The highest BCUT2D eigenvalue weighted by molar-refractivity contribution is 7.89. The fourth-order valence-corrected chi connectivity index (χ4v) is 4.66. The van der Waals surface area contributed by atoms with E-state index in [1.165, 1.54) is 0 Å². The van der Waals surface area contributed by atoms with E-state index < -0.39 is 10.0 Å². The fraction of sp³-hybridized carbons (Fsp3) is 0.381. The number of carbonyl (C=O) groups is 1. The first-order valence-electron chi connectivity index (χ1n) is 9.51. The monoisotopic (exact) mass is 402 g/mol. The molecule has 0 aromatic heterocycles. The Labute approximate surface area is 166 Å². The van der Waals surface area contributed by atoms with Gasteiger partial charge in [0.25, 0.3) is 5.91 Å². The predicted octanol–water partition coefficient (Wildman–Crippen LogP) is 2.89. The standard InChI is InChI=1S/C21H26N2O4S/c1-27-19-8-4-5-17(15-19)21(24)22-14-13-16-9-11-20(12-10-16)28(25,26)23-18-6-2-3-7-18/h4-5,8-12,15,18,23H,2-3,6-7,13-14H2,1H3,(H,22,24). The molecule has 0 heterocycles. The molecule has 1 amide bonds. The lowest BCUT2D eigenvalue weighted by atomic mass is 10.1. The topological polar surface area (TPSA) is 84.5 Å². The lowest BCUT2D eigenvalue weighted by molar-refractivity contribution is 0.0954. The number of rotatable bonds is 8. The van der Waals surface area contributed by atoms with Gasteiger partial charge in [-0.3, -0.25) is 4.79 Å². The second-order valence-electron chi connectivity index (χ2n) is 6.98. The van der Waals surface area contributed by atoms with Gasteiger partial charge in [0.15, 0.2) is 0 Å². The fourth-order valence-electron chi connectivity index (χ4n) is 3.35. The molecule has 1 fully saturated rings. The van der Waals surface area contributed by atoms with Gasteiger partial charge in [0.05, 0.1) is 12.0 Å². The Hall–Kier alpha value is -2.38. The van der Waals surface area contributed by atoms with E-state index >= 15 is 0 Å². The summed E-state index contributed by atoms with van der Waals surface area (Å²) in [6, 6.07) is 13.9. The summed E-state index contributed by atoms with van der Waals surface area (Å²) >= 11 is 0. The molecule has 0 aliphatic heterocycles. The third-order valence-corrected chi connectivity index (χ3v) is 6.48. The van der Waals surface area contributed by atoms with Crippen molar-refractivity contribution in [3.63, 3.8) is 0 Å². The van der Waals surface area contributed by atoms with Crippen molar-refractivity contribution < 1.29 is 17.9 Å². The van der Waals surface area contributed by atoms with Crippen molar-refractivity contribution in [2.45, 2.75) is 43.0 Å². The molecule has 1 aliphatic carbocycles. The van der Waals surface area contributed by atoms with E-state index in [0.717, 1.165) is 31.2 Å². The van der Waals surface area contributed by atoms with Gasteiger partial charge < -0.3 is 10.1 Å². The highest BCUT2D eigenvalue weighted by Crippen LogP contribution is 2.20. The Kier molecular flexibility index (Phi) is 6.70. The van der Waals surface area contributed by atoms with E-state index in [0.29, 0.717) is 24.3 Å². The van der Waals surface area contributed by atoms with Crippen LogP contribution in [0.15, 0.2) is 53.4 Å². The number of nitrogens with one attached hydrogen (secondary N) is 2. The van der Waals surface area contributed by atoms with Crippen molar-refractivity contribution in [2.75, 3.05) is 13.7 Å². The van der Waals surface area contributed by atoms with Crippen molar-refractivity contribution in [3.8, 4) is 5.75 Å². The SMILES string of the molecule is COc1cccc(C(=O)NCCc2ccc(S(=O)(=O)NC3CCCC3)cc2)c1. The van der Waals surface area contributed by atoms with Crippen LogP contribution < -0.4 is 14.8 Å². The van der Waals surface area contributed by atoms with Crippen LogP contribution in [0.5, 0.6) is 5.75 Å². The van der Waals surface area contributed by atoms with E-state index in [4.69, 9.17) is 4.74 Å².